The Morgan fingerprint density at radius 3 is 2.56 bits per heavy atom. The molecule has 1 aliphatic carbocycles. The molecule has 2 rings (SSSR count). The van der Waals surface area contributed by atoms with Crippen molar-refractivity contribution in [3.05, 3.63) is 35.4 Å². The Morgan fingerprint density at radius 2 is 1.92 bits per heavy atom. The van der Waals surface area contributed by atoms with Crippen LogP contribution in [0.15, 0.2) is 18.2 Å². The lowest BCUT2D eigenvalue weighted by Crippen LogP contribution is -2.46. The quantitative estimate of drug-likeness (QED) is 0.728. The molecule has 6 heteroatoms. The molecule has 0 heterocycles. The van der Waals surface area contributed by atoms with Crippen molar-refractivity contribution in [3.8, 4) is 0 Å². The average molecular weight is 353 g/mol. The summed E-state index contributed by atoms with van der Waals surface area (Å²) in [6, 6.07) is 3.15. The second-order valence-corrected chi connectivity index (χ2v) is 6.51. The van der Waals surface area contributed by atoms with Crippen LogP contribution in [0, 0.1) is 17.6 Å². The molecule has 1 aromatic carbocycles. The van der Waals surface area contributed by atoms with Crippen LogP contribution in [-0.2, 0) is 9.53 Å². The molecule has 0 N–H and O–H groups in total. The van der Waals surface area contributed by atoms with Gasteiger partial charge in [-0.15, -0.1) is 0 Å². The van der Waals surface area contributed by atoms with E-state index < -0.39 is 11.6 Å². The summed E-state index contributed by atoms with van der Waals surface area (Å²) in [4.78, 5) is 26.2. The second kappa shape index (κ2) is 8.92. The zero-order valence-electron chi connectivity index (χ0n) is 14.8. The molecule has 1 saturated carbocycles. The summed E-state index contributed by atoms with van der Waals surface area (Å²) in [5, 5.41) is 0. The van der Waals surface area contributed by atoms with Crippen molar-refractivity contribution in [2.75, 3.05) is 13.2 Å². The summed E-state index contributed by atoms with van der Waals surface area (Å²) in [6.45, 7) is 4.31. The Morgan fingerprint density at radius 1 is 1.20 bits per heavy atom. The van der Waals surface area contributed by atoms with Gasteiger partial charge in [-0.2, -0.15) is 0 Å². The van der Waals surface area contributed by atoms with Gasteiger partial charge in [0.15, 0.2) is 11.6 Å². The molecular weight excluding hydrogens is 328 g/mol. The van der Waals surface area contributed by atoms with Crippen molar-refractivity contribution in [2.45, 2.75) is 52.0 Å². The number of benzene rings is 1. The zero-order chi connectivity index (χ0) is 18.4. The van der Waals surface area contributed by atoms with E-state index in [-0.39, 0.29) is 43.1 Å². The van der Waals surface area contributed by atoms with E-state index >= 15 is 0 Å². The monoisotopic (exact) mass is 353 g/mol. The lowest BCUT2D eigenvalue weighted by Gasteiger charge is -2.38. The van der Waals surface area contributed by atoms with Gasteiger partial charge in [0, 0.05) is 18.2 Å². The van der Waals surface area contributed by atoms with Gasteiger partial charge >= 0.3 is 5.97 Å². The van der Waals surface area contributed by atoms with Gasteiger partial charge in [0.05, 0.1) is 13.0 Å². The molecule has 1 aliphatic rings. The SMILES string of the molecule is CCOC(=O)CCN(C(=O)c1ccc(F)c(F)c1)C1CCCCC1C. The van der Waals surface area contributed by atoms with Crippen LogP contribution in [0.25, 0.3) is 0 Å². The number of hydrogen-bond acceptors (Lipinski definition) is 3. The summed E-state index contributed by atoms with van der Waals surface area (Å²) in [7, 11) is 0. The van der Waals surface area contributed by atoms with Crippen molar-refractivity contribution < 1.29 is 23.1 Å². The highest BCUT2D eigenvalue weighted by Crippen LogP contribution is 2.29. The number of esters is 1. The lowest BCUT2D eigenvalue weighted by molar-refractivity contribution is -0.143. The third-order valence-electron chi connectivity index (χ3n) is 4.76. The van der Waals surface area contributed by atoms with E-state index in [1.54, 1.807) is 11.8 Å². The zero-order valence-corrected chi connectivity index (χ0v) is 14.8. The Bertz CT molecular complexity index is 621. The summed E-state index contributed by atoms with van der Waals surface area (Å²) in [6.07, 6.45) is 4.07. The van der Waals surface area contributed by atoms with E-state index in [4.69, 9.17) is 4.74 Å². The van der Waals surface area contributed by atoms with Crippen molar-refractivity contribution in [3.63, 3.8) is 0 Å². The van der Waals surface area contributed by atoms with Gasteiger partial charge in [-0.3, -0.25) is 9.59 Å². The Labute approximate surface area is 147 Å². The molecule has 0 bridgehead atoms. The van der Waals surface area contributed by atoms with Gasteiger partial charge in [0.25, 0.3) is 5.91 Å². The van der Waals surface area contributed by atoms with Crippen LogP contribution in [0.3, 0.4) is 0 Å². The van der Waals surface area contributed by atoms with Gasteiger partial charge in [-0.25, -0.2) is 8.78 Å². The molecule has 2 atom stereocenters. The molecule has 138 valence electrons. The number of carbonyl (C=O) groups is 2. The van der Waals surface area contributed by atoms with E-state index in [2.05, 4.69) is 6.92 Å². The number of hydrogen-bond donors (Lipinski definition) is 0. The van der Waals surface area contributed by atoms with Crippen LogP contribution in [-0.4, -0.2) is 36.0 Å². The van der Waals surface area contributed by atoms with Crippen molar-refractivity contribution in [1.82, 2.24) is 4.90 Å². The second-order valence-electron chi connectivity index (χ2n) is 6.51. The third kappa shape index (κ3) is 5.00. The Hall–Kier alpha value is -1.98. The van der Waals surface area contributed by atoms with Crippen LogP contribution in [0.4, 0.5) is 8.78 Å². The molecule has 0 saturated heterocycles. The minimum atomic E-state index is -1.05. The first-order valence-corrected chi connectivity index (χ1v) is 8.85. The van der Waals surface area contributed by atoms with E-state index in [1.807, 2.05) is 0 Å². The van der Waals surface area contributed by atoms with Gasteiger partial charge in [-0.1, -0.05) is 19.8 Å². The molecule has 0 aliphatic heterocycles. The minimum absolute atomic E-state index is 0.0104. The molecule has 4 nitrogen and oxygen atoms in total. The maximum absolute atomic E-state index is 13.5. The van der Waals surface area contributed by atoms with Gasteiger partial charge in [-0.05, 0) is 43.9 Å². The molecule has 0 aromatic heterocycles. The number of rotatable bonds is 6. The van der Waals surface area contributed by atoms with Crippen LogP contribution < -0.4 is 0 Å². The Balaban J connectivity index is 2.20. The van der Waals surface area contributed by atoms with Crippen LogP contribution in [0.2, 0.25) is 0 Å². The summed E-state index contributed by atoms with van der Waals surface area (Å²) < 4.78 is 31.6. The van der Waals surface area contributed by atoms with Crippen LogP contribution in [0.5, 0.6) is 0 Å². The largest absolute Gasteiger partial charge is 0.466 e. The molecule has 25 heavy (non-hydrogen) atoms. The molecule has 2 unspecified atom stereocenters. The summed E-state index contributed by atoms with van der Waals surface area (Å²) in [5.74, 6) is -2.48. The maximum Gasteiger partial charge on any atom is 0.307 e. The highest BCUT2D eigenvalue weighted by atomic mass is 19.2. The predicted octanol–water partition coefficient (Wildman–Crippen LogP) is 3.94. The number of ether oxygens (including phenoxy) is 1. The van der Waals surface area contributed by atoms with Crippen molar-refractivity contribution >= 4 is 11.9 Å². The van der Waals surface area contributed by atoms with Crippen molar-refractivity contribution in [2.24, 2.45) is 5.92 Å². The highest BCUT2D eigenvalue weighted by molar-refractivity contribution is 5.94. The first kappa shape index (κ1) is 19.3. The molecule has 0 radical (unpaired) electrons. The minimum Gasteiger partial charge on any atom is -0.466 e. The summed E-state index contributed by atoms with van der Waals surface area (Å²) >= 11 is 0. The molecule has 1 aromatic rings. The topological polar surface area (TPSA) is 46.6 Å². The van der Waals surface area contributed by atoms with E-state index in [0.717, 1.165) is 37.8 Å². The lowest BCUT2D eigenvalue weighted by atomic mass is 9.84. The number of nitrogens with zero attached hydrogens (tertiary/aromatic N) is 1. The number of carbonyl (C=O) groups excluding carboxylic acids is 2. The number of amides is 1. The first-order chi connectivity index (χ1) is 11.9. The van der Waals surface area contributed by atoms with Crippen LogP contribution in [0.1, 0.15) is 56.3 Å². The molecule has 1 fully saturated rings. The summed E-state index contributed by atoms with van der Waals surface area (Å²) in [5.41, 5.74) is 0.0977. The highest BCUT2D eigenvalue weighted by Gasteiger charge is 2.31. The fourth-order valence-electron chi connectivity index (χ4n) is 3.42. The van der Waals surface area contributed by atoms with Gasteiger partial charge in [0.1, 0.15) is 0 Å². The van der Waals surface area contributed by atoms with E-state index in [9.17, 15) is 18.4 Å². The molecule has 1 amide bonds. The molecule has 0 spiro atoms. The predicted molar refractivity (Wildman–Crippen MR) is 90.1 cm³/mol. The van der Waals surface area contributed by atoms with Crippen molar-refractivity contribution in [1.29, 1.82) is 0 Å². The number of halogens is 2. The molecular formula is C19H25F2NO3. The standard InChI is InChI=1S/C19H25F2NO3/c1-3-25-18(23)10-11-22(17-7-5-4-6-13(17)2)19(24)14-8-9-15(20)16(21)12-14/h8-9,12-13,17H,3-7,10-11H2,1-2H3. The van der Waals surface area contributed by atoms with Crippen LogP contribution >= 0.6 is 0 Å². The smallest absolute Gasteiger partial charge is 0.307 e. The van der Waals surface area contributed by atoms with Gasteiger partial charge < -0.3 is 9.64 Å². The maximum atomic E-state index is 13.5. The fourth-order valence-corrected chi connectivity index (χ4v) is 3.42. The third-order valence-corrected chi connectivity index (χ3v) is 4.76. The van der Waals surface area contributed by atoms with Gasteiger partial charge in [0.2, 0.25) is 0 Å². The average Bonchev–Trinajstić information content (AvgIpc) is 2.59. The van der Waals surface area contributed by atoms with E-state index in [0.29, 0.717) is 5.92 Å². The Kier molecular flexibility index (Phi) is 6.91. The van der Waals surface area contributed by atoms with E-state index in [1.165, 1.54) is 6.07 Å². The normalized spacial score (nSPS) is 20.2. The fraction of sp³-hybridized carbons (Fsp3) is 0.579. The first-order valence-electron chi connectivity index (χ1n) is 8.85.